The second-order valence-electron chi connectivity index (χ2n) is 2.63. The van der Waals surface area contributed by atoms with Crippen LogP contribution in [0.3, 0.4) is 0 Å². The molecule has 0 amide bonds. The van der Waals surface area contributed by atoms with Gasteiger partial charge in [-0.25, -0.2) is 0 Å². The Hall–Kier alpha value is -1.22. The highest BCUT2D eigenvalue weighted by atomic mass is 35.5. The van der Waals surface area contributed by atoms with Crippen LogP contribution in [-0.2, 0) is 4.79 Å². The normalized spacial score (nSPS) is 9.57. The second kappa shape index (κ2) is 5.50. The smallest absolute Gasteiger partial charge is 0.139 e. The summed E-state index contributed by atoms with van der Waals surface area (Å²) >= 11 is 5.93. The van der Waals surface area contributed by atoms with Gasteiger partial charge in [-0.3, -0.25) is 0 Å². The average Bonchev–Trinajstić information content (AvgIpc) is 2.19. The van der Waals surface area contributed by atoms with Crippen molar-refractivity contribution in [2.24, 2.45) is 0 Å². The number of carbonyl (C=O) groups excluding carboxylic acids is 1. The number of anilines is 1. The van der Waals surface area contributed by atoms with Crippen LogP contribution in [0.1, 0.15) is 6.92 Å². The molecule has 1 rings (SSSR count). The Morgan fingerprint density at radius 1 is 1.57 bits per heavy atom. The van der Waals surface area contributed by atoms with Crippen LogP contribution < -0.4 is 10.1 Å². The summed E-state index contributed by atoms with van der Waals surface area (Å²) in [7, 11) is 0. The highest BCUT2D eigenvalue weighted by molar-refractivity contribution is 6.32. The number of halogens is 1. The Balaban J connectivity index is 2.72. The molecule has 0 aliphatic rings. The zero-order chi connectivity index (χ0) is 10.4. The molecule has 4 heteroatoms. The van der Waals surface area contributed by atoms with Crippen molar-refractivity contribution in [3.05, 3.63) is 23.2 Å². The van der Waals surface area contributed by atoms with Crippen LogP contribution in [0.25, 0.3) is 0 Å². The summed E-state index contributed by atoms with van der Waals surface area (Å²) in [5.41, 5.74) is 0.811. The zero-order valence-corrected chi connectivity index (χ0v) is 8.67. The fourth-order valence-corrected chi connectivity index (χ4v) is 1.28. The Labute approximate surface area is 88.0 Å². The summed E-state index contributed by atoms with van der Waals surface area (Å²) in [5, 5.41) is 3.44. The van der Waals surface area contributed by atoms with Crippen molar-refractivity contribution in [1.82, 2.24) is 0 Å². The molecule has 1 aromatic carbocycles. The van der Waals surface area contributed by atoms with Gasteiger partial charge < -0.3 is 14.8 Å². The molecule has 0 aliphatic carbocycles. The van der Waals surface area contributed by atoms with Crippen LogP contribution in [-0.4, -0.2) is 19.4 Å². The molecule has 76 valence electrons. The van der Waals surface area contributed by atoms with Gasteiger partial charge in [-0.1, -0.05) is 11.6 Å². The SMILES string of the molecule is CCOc1ccc(NCC=O)cc1Cl. The summed E-state index contributed by atoms with van der Waals surface area (Å²) in [6, 6.07) is 5.33. The predicted molar refractivity (Wildman–Crippen MR) is 57.2 cm³/mol. The van der Waals surface area contributed by atoms with Gasteiger partial charge >= 0.3 is 0 Å². The monoisotopic (exact) mass is 213 g/mol. The molecule has 0 saturated heterocycles. The van der Waals surface area contributed by atoms with E-state index < -0.39 is 0 Å². The fraction of sp³-hybridized carbons (Fsp3) is 0.300. The van der Waals surface area contributed by atoms with Crippen molar-refractivity contribution in [2.45, 2.75) is 6.92 Å². The number of hydrogen-bond donors (Lipinski definition) is 1. The molecular weight excluding hydrogens is 202 g/mol. The molecule has 14 heavy (non-hydrogen) atoms. The summed E-state index contributed by atoms with van der Waals surface area (Å²) in [4.78, 5) is 10.1. The van der Waals surface area contributed by atoms with E-state index in [1.54, 1.807) is 12.1 Å². The van der Waals surface area contributed by atoms with Crippen LogP contribution in [0, 0.1) is 0 Å². The Morgan fingerprint density at radius 2 is 2.36 bits per heavy atom. The van der Waals surface area contributed by atoms with E-state index in [4.69, 9.17) is 16.3 Å². The molecule has 0 heterocycles. The van der Waals surface area contributed by atoms with Crippen LogP contribution in [0.5, 0.6) is 5.75 Å². The zero-order valence-electron chi connectivity index (χ0n) is 7.92. The lowest BCUT2D eigenvalue weighted by Gasteiger charge is -2.07. The van der Waals surface area contributed by atoms with Crippen molar-refractivity contribution >= 4 is 23.6 Å². The average molecular weight is 214 g/mol. The largest absolute Gasteiger partial charge is 0.492 e. The highest BCUT2D eigenvalue weighted by Gasteiger charge is 2.01. The Kier molecular flexibility index (Phi) is 4.26. The van der Waals surface area contributed by atoms with E-state index in [0.29, 0.717) is 17.4 Å². The number of rotatable bonds is 5. The van der Waals surface area contributed by atoms with Crippen molar-refractivity contribution in [3.8, 4) is 5.75 Å². The molecule has 0 aromatic heterocycles. The van der Waals surface area contributed by atoms with Gasteiger partial charge in [0, 0.05) is 5.69 Å². The van der Waals surface area contributed by atoms with Crippen molar-refractivity contribution in [1.29, 1.82) is 0 Å². The molecule has 1 N–H and O–H groups in total. The summed E-state index contributed by atoms with van der Waals surface area (Å²) in [6.07, 6.45) is 0.796. The number of carbonyl (C=O) groups is 1. The van der Waals surface area contributed by atoms with E-state index in [-0.39, 0.29) is 6.54 Å². The van der Waals surface area contributed by atoms with Crippen molar-refractivity contribution in [2.75, 3.05) is 18.5 Å². The first-order chi connectivity index (χ1) is 6.77. The number of benzene rings is 1. The lowest BCUT2D eigenvalue weighted by molar-refractivity contribution is -0.106. The minimum Gasteiger partial charge on any atom is -0.492 e. The number of aldehydes is 1. The maximum Gasteiger partial charge on any atom is 0.139 e. The first-order valence-corrected chi connectivity index (χ1v) is 4.75. The molecule has 0 spiro atoms. The first kappa shape index (κ1) is 10.9. The van der Waals surface area contributed by atoms with Gasteiger partial charge in [0.25, 0.3) is 0 Å². The van der Waals surface area contributed by atoms with E-state index >= 15 is 0 Å². The van der Waals surface area contributed by atoms with Gasteiger partial charge in [-0.2, -0.15) is 0 Å². The topological polar surface area (TPSA) is 38.3 Å². The summed E-state index contributed by atoms with van der Waals surface area (Å²) in [6.45, 7) is 2.76. The Bertz CT molecular complexity index is 315. The van der Waals surface area contributed by atoms with Gasteiger partial charge in [0.1, 0.15) is 12.0 Å². The van der Waals surface area contributed by atoms with E-state index in [9.17, 15) is 4.79 Å². The van der Waals surface area contributed by atoms with Gasteiger partial charge in [0.05, 0.1) is 18.2 Å². The molecule has 3 nitrogen and oxygen atoms in total. The molecule has 0 atom stereocenters. The van der Waals surface area contributed by atoms with Gasteiger partial charge in [0.15, 0.2) is 0 Å². The first-order valence-electron chi connectivity index (χ1n) is 4.37. The summed E-state index contributed by atoms with van der Waals surface area (Å²) < 4.78 is 5.27. The summed E-state index contributed by atoms with van der Waals surface area (Å²) in [5.74, 6) is 0.658. The molecule has 0 unspecified atom stereocenters. The third-order valence-electron chi connectivity index (χ3n) is 1.62. The van der Waals surface area contributed by atoms with Gasteiger partial charge in [-0.05, 0) is 25.1 Å². The number of hydrogen-bond acceptors (Lipinski definition) is 3. The van der Waals surface area contributed by atoms with E-state index in [1.807, 2.05) is 13.0 Å². The van der Waals surface area contributed by atoms with E-state index in [0.717, 1.165) is 12.0 Å². The minimum absolute atomic E-state index is 0.282. The molecule has 1 aromatic rings. The van der Waals surface area contributed by atoms with E-state index in [2.05, 4.69) is 5.32 Å². The standard InChI is InChI=1S/C10H12ClNO2/c1-2-14-10-4-3-8(7-9(10)11)12-5-6-13/h3-4,6-7,12H,2,5H2,1H3. The highest BCUT2D eigenvalue weighted by Crippen LogP contribution is 2.27. The maximum absolute atomic E-state index is 10.1. The van der Waals surface area contributed by atoms with Crippen molar-refractivity contribution < 1.29 is 9.53 Å². The molecule has 0 aliphatic heterocycles. The maximum atomic E-state index is 10.1. The number of nitrogens with one attached hydrogen (secondary N) is 1. The second-order valence-corrected chi connectivity index (χ2v) is 3.03. The molecular formula is C10H12ClNO2. The van der Waals surface area contributed by atoms with Crippen LogP contribution >= 0.6 is 11.6 Å². The van der Waals surface area contributed by atoms with Crippen molar-refractivity contribution in [3.63, 3.8) is 0 Å². The third-order valence-corrected chi connectivity index (χ3v) is 1.92. The van der Waals surface area contributed by atoms with Gasteiger partial charge in [-0.15, -0.1) is 0 Å². The van der Waals surface area contributed by atoms with Gasteiger partial charge in [0.2, 0.25) is 0 Å². The molecule has 0 fully saturated rings. The predicted octanol–water partition coefficient (Wildman–Crippen LogP) is 2.35. The third kappa shape index (κ3) is 2.92. The fourth-order valence-electron chi connectivity index (χ4n) is 1.04. The lowest BCUT2D eigenvalue weighted by atomic mass is 10.3. The van der Waals surface area contributed by atoms with Crippen LogP contribution in [0.4, 0.5) is 5.69 Å². The number of ether oxygens (including phenoxy) is 1. The molecule has 0 saturated carbocycles. The molecule has 0 bridgehead atoms. The quantitative estimate of drug-likeness (QED) is 0.764. The lowest BCUT2D eigenvalue weighted by Crippen LogP contribution is -2.02. The van der Waals surface area contributed by atoms with Crippen LogP contribution in [0.15, 0.2) is 18.2 Å². The Morgan fingerprint density at radius 3 is 2.93 bits per heavy atom. The minimum atomic E-state index is 0.282. The van der Waals surface area contributed by atoms with Crippen LogP contribution in [0.2, 0.25) is 5.02 Å². The van der Waals surface area contributed by atoms with E-state index in [1.165, 1.54) is 0 Å². The molecule has 0 radical (unpaired) electrons.